The van der Waals surface area contributed by atoms with Crippen LogP contribution in [0.25, 0.3) is 21.5 Å². The smallest absolute Gasteiger partial charge is 0.357 e. The van der Waals surface area contributed by atoms with Gasteiger partial charge in [0, 0.05) is 21.5 Å². The molecular formula is C16H14N2O2S. The first-order chi connectivity index (χ1) is 10.1. The van der Waals surface area contributed by atoms with Crippen molar-refractivity contribution in [2.75, 3.05) is 7.11 Å². The Morgan fingerprint density at radius 2 is 1.95 bits per heavy atom. The van der Waals surface area contributed by atoms with Gasteiger partial charge in [-0.15, -0.1) is 11.3 Å². The van der Waals surface area contributed by atoms with Crippen molar-refractivity contribution in [2.24, 2.45) is 0 Å². The molecule has 3 rings (SSSR count). The molecule has 0 unspecified atom stereocenters. The third-order valence-corrected chi connectivity index (χ3v) is 4.27. The summed E-state index contributed by atoms with van der Waals surface area (Å²) >= 11 is 1.49. The van der Waals surface area contributed by atoms with Crippen molar-refractivity contribution in [3.05, 3.63) is 46.6 Å². The number of ether oxygens (including phenoxy) is 1. The number of methoxy groups -OCH3 is 1. The number of benzene rings is 1. The number of pyridine rings is 1. The molecule has 2 heterocycles. The molecule has 0 fully saturated rings. The summed E-state index contributed by atoms with van der Waals surface area (Å²) in [6, 6.07) is 10.0. The van der Waals surface area contributed by atoms with Gasteiger partial charge in [0.15, 0.2) is 5.69 Å². The maximum Gasteiger partial charge on any atom is 0.357 e. The van der Waals surface area contributed by atoms with Gasteiger partial charge in [-0.25, -0.2) is 9.78 Å². The van der Waals surface area contributed by atoms with Crippen LogP contribution in [0.15, 0.2) is 30.3 Å². The van der Waals surface area contributed by atoms with Crippen LogP contribution in [-0.2, 0) is 4.74 Å². The molecule has 0 saturated carbocycles. The van der Waals surface area contributed by atoms with Crippen molar-refractivity contribution in [1.82, 2.24) is 9.97 Å². The van der Waals surface area contributed by atoms with E-state index in [-0.39, 0.29) is 0 Å². The minimum atomic E-state index is -0.395. The number of aromatic nitrogens is 2. The minimum Gasteiger partial charge on any atom is -0.464 e. The third kappa shape index (κ3) is 2.52. The summed E-state index contributed by atoms with van der Waals surface area (Å²) in [6.07, 6.45) is 0. The number of hydrogen-bond acceptors (Lipinski definition) is 5. The van der Waals surface area contributed by atoms with Crippen LogP contribution in [0.5, 0.6) is 0 Å². The largest absolute Gasteiger partial charge is 0.464 e. The minimum absolute atomic E-state index is 0.389. The highest BCUT2D eigenvalue weighted by Gasteiger charge is 2.16. The third-order valence-electron chi connectivity index (χ3n) is 3.25. The molecule has 0 radical (unpaired) electrons. The standard InChI is InChI=1S/C16H14N2O2S/c1-9-4-5-11-8-12(6-7-13(11)17-9)15-18-14(10(2)21-15)16(19)20-3/h4-8H,1-3H3. The normalized spacial score (nSPS) is 10.8. The molecule has 106 valence electrons. The predicted octanol–water partition coefficient (Wildman–Crippen LogP) is 3.76. The van der Waals surface area contributed by atoms with Crippen molar-refractivity contribution < 1.29 is 9.53 Å². The van der Waals surface area contributed by atoms with Crippen LogP contribution in [0.2, 0.25) is 0 Å². The molecule has 21 heavy (non-hydrogen) atoms. The van der Waals surface area contributed by atoms with Crippen molar-refractivity contribution >= 4 is 28.2 Å². The summed E-state index contributed by atoms with van der Waals surface area (Å²) in [5.74, 6) is -0.395. The van der Waals surface area contributed by atoms with E-state index in [4.69, 9.17) is 4.74 Å². The second-order valence-electron chi connectivity index (χ2n) is 4.78. The Labute approximate surface area is 126 Å². The van der Waals surface area contributed by atoms with Gasteiger partial charge in [0.1, 0.15) is 5.01 Å². The first-order valence-electron chi connectivity index (χ1n) is 6.52. The second kappa shape index (κ2) is 5.26. The van der Waals surface area contributed by atoms with Crippen LogP contribution in [0.4, 0.5) is 0 Å². The lowest BCUT2D eigenvalue weighted by molar-refractivity contribution is 0.0594. The summed E-state index contributed by atoms with van der Waals surface area (Å²) in [5, 5.41) is 1.88. The molecule has 5 heteroatoms. The van der Waals surface area contributed by atoms with Crippen LogP contribution in [0.3, 0.4) is 0 Å². The molecule has 0 N–H and O–H groups in total. The SMILES string of the molecule is COC(=O)c1nc(-c2ccc3nc(C)ccc3c2)sc1C. The number of aryl methyl sites for hydroxylation is 2. The van der Waals surface area contributed by atoms with Crippen molar-refractivity contribution in [3.63, 3.8) is 0 Å². The first-order valence-corrected chi connectivity index (χ1v) is 7.33. The Balaban J connectivity index is 2.08. The van der Waals surface area contributed by atoms with E-state index in [1.807, 2.05) is 44.2 Å². The molecule has 0 amide bonds. The molecule has 4 nitrogen and oxygen atoms in total. The molecule has 1 aromatic carbocycles. The average Bonchev–Trinajstić information content (AvgIpc) is 2.88. The van der Waals surface area contributed by atoms with Gasteiger partial charge in [0.05, 0.1) is 12.6 Å². The predicted molar refractivity (Wildman–Crippen MR) is 83.7 cm³/mol. The number of nitrogens with zero attached hydrogens (tertiary/aromatic N) is 2. The van der Waals surface area contributed by atoms with E-state index in [2.05, 4.69) is 9.97 Å². The fourth-order valence-electron chi connectivity index (χ4n) is 2.17. The van der Waals surface area contributed by atoms with E-state index < -0.39 is 5.97 Å². The van der Waals surface area contributed by atoms with E-state index in [0.717, 1.165) is 32.0 Å². The van der Waals surface area contributed by atoms with E-state index in [0.29, 0.717) is 5.69 Å². The highest BCUT2D eigenvalue weighted by Crippen LogP contribution is 2.30. The van der Waals surface area contributed by atoms with Gasteiger partial charge in [-0.2, -0.15) is 0 Å². The zero-order chi connectivity index (χ0) is 15.0. The maximum atomic E-state index is 11.6. The number of carbonyl (C=O) groups is 1. The lowest BCUT2D eigenvalue weighted by atomic mass is 10.1. The molecule has 0 spiro atoms. The molecule has 0 aliphatic heterocycles. The number of fused-ring (bicyclic) bond motifs is 1. The Hall–Kier alpha value is -2.27. The Kier molecular flexibility index (Phi) is 3.43. The fourth-order valence-corrected chi connectivity index (χ4v) is 3.06. The zero-order valence-electron chi connectivity index (χ0n) is 12.0. The summed E-state index contributed by atoms with van der Waals surface area (Å²) in [5.41, 5.74) is 3.32. The number of hydrogen-bond donors (Lipinski definition) is 0. The van der Waals surface area contributed by atoms with Gasteiger partial charge in [-0.05, 0) is 38.1 Å². The lowest BCUT2D eigenvalue weighted by Crippen LogP contribution is -2.03. The lowest BCUT2D eigenvalue weighted by Gasteiger charge is -2.01. The van der Waals surface area contributed by atoms with Crippen LogP contribution in [0.1, 0.15) is 21.1 Å². The van der Waals surface area contributed by atoms with Crippen LogP contribution in [0, 0.1) is 13.8 Å². The van der Waals surface area contributed by atoms with Gasteiger partial charge in [0.25, 0.3) is 0 Å². The molecular weight excluding hydrogens is 284 g/mol. The van der Waals surface area contributed by atoms with Gasteiger partial charge in [0.2, 0.25) is 0 Å². The number of esters is 1. The molecule has 0 bridgehead atoms. The monoisotopic (exact) mass is 298 g/mol. The van der Waals surface area contributed by atoms with Gasteiger partial charge >= 0.3 is 5.97 Å². The molecule has 0 aliphatic rings. The zero-order valence-corrected chi connectivity index (χ0v) is 12.8. The first kappa shape index (κ1) is 13.7. The Morgan fingerprint density at radius 3 is 2.71 bits per heavy atom. The Bertz CT molecular complexity index is 839. The van der Waals surface area contributed by atoms with Crippen molar-refractivity contribution in [2.45, 2.75) is 13.8 Å². The highest BCUT2D eigenvalue weighted by molar-refractivity contribution is 7.15. The fraction of sp³-hybridized carbons (Fsp3) is 0.188. The second-order valence-corrected chi connectivity index (χ2v) is 5.98. The van der Waals surface area contributed by atoms with E-state index >= 15 is 0 Å². The van der Waals surface area contributed by atoms with E-state index in [1.54, 1.807) is 0 Å². The summed E-state index contributed by atoms with van der Waals surface area (Å²) < 4.78 is 4.74. The Morgan fingerprint density at radius 1 is 1.14 bits per heavy atom. The van der Waals surface area contributed by atoms with Gasteiger partial charge in [-0.1, -0.05) is 6.07 Å². The van der Waals surface area contributed by atoms with E-state index in [9.17, 15) is 4.79 Å². The van der Waals surface area contributed by atoms with E-state index in [1.165, 1.54) is 18.4 Å². The highest BCUT2D eigenvalue weighted by atomic mass is 32.1. The molecule has 0 saturated heterocycles. The maximum absolute atomic E-state index is 11.6. The summed E-state index contributed by atoms with van der Waals surface area (Å²) in [6.45, 7) is 3.85. The number of thiazole rings is 1. The average molecular weight is 298 g/mol. The molecule has 0 atom stereocenters. The van der Waals surface area contributed by atoms with Crippen LogP contribution < -0.4 is 0 Å². The quantitative estimate of drug-likeness (QED) is 0.676. The van der Waals surface area contributed by atoms with Crippen molar-refractivity contribution in [3.8, 4) is 10.6 Å². The molecule has 0 aliphatic carbocycles. The van der Waals surface area contributed by atoms with Crippen LogP contribution in [-0.4, -0.2) is 23.0 Å². The molecule has 3 aromatic rings. The number of carbonyl (C=O) groups excluding carboxylic acids is 1. The summed E-state index contributed by atoms with van der Waals surface area (Å²) in [7, 11) is 1.37. The summed E-state index contributed by atoms with van der Waals surface area (Å²) in [4.78, 5) is 21.4. The van der Waals surface area contributed by atoms with Crippen LogP contribution >= 0.6 is 11.3 Å². The van der Waals surface area contributed by atoms with Crippen molar-refractivity contribution in [1.29, 1.82) is 0 Å². The van der Waals surface area contributed by atoms with Gasteiger partial charge < -0.3 is 4.74 Å². The molecule has 2 aromatic heterocycles. The van der Waals surface area contributed by atoms with Gasteiger partial charge in [-0.3, -0.25) is 4.98 Å². The number of rotatable bonds is 2. The topological polar surface area (TPSA) is 52.1 Å².